The van der Waals surface area contributed by atoms with Gasteiger partial charge in [0.05, 0.1) is 0 Å². The maximum atomic E-state index is 3.86. The van der Waals surface area contributed by atoms with E-state index in [1.54, 1.807) is 4.68 Å². The Morgan fingerprint density at radius 1 is 1.75 bits per heavy atom. The average Bonchev–Trinajstić information content (AvgIpc) is 2.19. The second kappa shape index (κ2) is 2.45. The minimum atomic E-state index is 0.917. The second-order valence-corrected chi connectivity index (χ2v) is 1.58. The normalized spacial score (nSPS) is 9.62. The highest BCUT2D eigenvalue weighted by atomic mass is 15.3. The zero-order valence-corrected chi connectivity index (χ0v) is 4.83. The van der Waals surface area contributed by atoms with Gasteiger partial charge < -0.3 is 0 Å². The number of nitrogens with zero attached hydrogens (tertiary/aromatic N) is 3. The standard InChI is InChI=1S/C5H8N3/c1-2-3-8-5-6-4-7-8/h4H,2-3H2,1H3. The molecule has 0 spiro atoms. The van der Waals surface area contributed by atoms with Gasteiger partial charge in [-0.1, -0.05) is 6.92 Å². The molecule has 0 aliphatic heterocycles. The Bertz CT molecular complexity index is 133. The summed E-state index contributed by atoms with van der Waals surface area (Å²) < 4.78 is 1.69. The largest absolute Gasteiger partial charge is 0.243 e. The molecule has 0 amide bonds. The molecule has 1 radical (unpaired) electrons. The maximum Gasteiger partial charge on any atom is 0.195 e. The fraction of sp³-hybridized carbons (Fsp3) is 0.600. The molecule has 3 heteroatoms. The van der Waals surface area contributed by atoms with Crippen LogP contribution in [0.25, 0.3) is 0 Å². The first-order valence-corrected chi connectivity index (χ1v) is 2.69. The first-order valence-electron chi connectivity index (χ1n) is 2.69. The van der Waals surface area contributed by atoms with E-state index in [0.717, 1.165) is 13.0 Å². The van der Waals surface area contributed by atoms with Gasteiger partial charge in [0.1, 0.15) is 6.33 Å². The summed E-state index contributed by atoms with van der Waals surface area (Å²) >= 11 is 0. The molecule has 1 aromatic heterocycles. The quantitative estimate of drug-likeness (QED) is 0.554. The summed E-state index contributed by atoms with van der Waals surface area (Å²) in [6, 6.07) is 0. The lowest BCUT2D eigenvalue weighted by molar-refractivity contribution is 0.597. The van der Waals surface area contributed by atoms with Crippen LogP contribution in [0.5, 0.6) is 0 Å². The molecule has 1 rings (SSSR count). The van der Waals surface area contributed by atoms with E-state index < -0.39 is 0 Å². The van der Waals surface area contributed by atoms with Crippen LogP contribution in [0.1, 0.15) is 13.3 Å². The highest BCUT2D eigenvalue weighted by Gasteiger charge is 1.84. The fourth-order valence-electron chi connectivity index (χ4n) is 0.526. The summed E-state index contributed by atoms with van der Waals surface area (Å²) in [5.74, 6) is 0. The van der Waals surface area contributed by atoms with Crippen molar-refractivity contribution < 1.29 is 0 Å². The van der Waals surface area contributed by atoms with E-state index in [2.05, 4.69) is 23.3 Å². The predicted octanol–water partition coefficient (Wildman–Crippen LogP) is 0.488. The lowest BCUT2D eigenvalue weighted by Gasteiger charge is -1.90. The molecule has 0 atom stereocenters. The van der Waals surface area contributed by atoms with Crippen LogP contribution >= 0.6 is 0 Å². The molecule has 8 heavy (non-hydrogen) atoms. The third kappa shape index (κ3) is 1.05. The fourth-order valence-corrected chi connectivity index (χ4v) is 0.526. The van der Waals surface area contributed by atoms with Crippen molar-refractivity contribution in [1.82, 2.24) is 14.8 Å². The third-order valence-corrected chi connectivity index (χ3v) is 0.857. The summed E-state index contributed by atoms with van der Waals surface area (Å²) in [5, 5.41) is 3.86. The molecule has 0 unspecified atom stereocenters. The number of aryl methyl sites for hydroxylation is 1. The molecule has 1 heterocycles. The topological polar surface area (TPSA) is 30.7 Å². The van der Waals surface area contributed by atoms with Crippen LogP contribution in [0.3, 0.4) is 0 Å². The molecule has 0 aliphatic rings. The SMILES string of the molecule is CCCn1[c]ncn1. The summed E-state index contributed by atoms with van der Waals surface area (Å²) in [6.45, 7) is 3.01. The Hall–Kier alpha value is -0.860. The molecular formula is C5H8N3. The smallest absolute Gasteiger partial charge is 0.195 e. The summed E-state index contributed by atoms with van der Waals surface area (Å²) in [7, 11) is 0. The van der Waals surface area contributed by atoms with Crippen molar-refractivity contribution in [2.75, 3.05) is 0 Å². The first-order chi connectivity index (χ1) is 3.93. The number of rotatable bonds is 2. The van der Waals surface area contributed by atoms with E-state index in [1.165, 1.54) is 6.33 Å². The van der Waals surface area contributed by atoms with Crippen molar-refractivity contribution in [3.63, 3.8) is 0 Å². The lowest BCUT2D eigenvalue weighted by atomic mass is 10.5. The predicted molar refractivity (Wildman–Crippen MR) is 29.1 cm³/mol. The molecule has 0 aliphatic carbocycles. The van der Waals surface area contributed by atoms with Crippen molar-refractivity contribution >= 4 is 0 Å². The maximum absolute atomic E-state index is 3.86. The van der Waals surface area contributed by atoms with Crippen LogP contribution in [0.2, 0.25) is 0 Å². The number of aromatic nitrogens is 3. The Morgan fingerprint density at radius 3 is 3.12 bits per heavy atom. The first kappa shape index (κ1) is 5.28. The van der Waals surface area contributed by atoms with Crippen LogP contribution in [0.4, 0.5) is 0 Å². The van der Waals surface area contributed by atoms with Gasteiger partial charge in [-0.25, -0.2) is 9.67 Å². The summed E-state index contributed by atoms with van der Waals surface area (Å²) in [6.07, 6.45) is 5.27. The van der Waals surface area contributed by atoms with E-state index in [0.29, 0.717) is 0 Å². The molecule has 0 fully saturated rings. The Morgan fingerprint density at radius 2 is 2.62 bits per heavy atom. The van der Waals surface area contributed by atoms with Crippen LogP contribution < -0.4 is 0 Å². The minimum absolute atomic E-state index is 0.917. The Labute approximate surface area is 48.4 Å². The highest BCUT2D eigenvalue weighted by molar-refractivity contribution is 4.51. The number of hydrogen-bond donors (Lipinski definition) is 0. The molecule has 1 aromatic rings. The van der Waals surface area contributed by atoms with Gasteiger partial charge in [0.15, 0.2) is 6.33 Å². The van der Waals surface area contributed by atoms with Crippen LogP contribution in [0.15, 0.2) is 6.33 Å². The monoisotopic (exact) mass is 110 g/mol. The number of hydrogen-bond acceptors (Lipinski definition) is 2. The lowest BCUT2D eigenvalue weighted by Crippen LogP contribution is -1.95. The van der Waals surface area contributed by atoms with Crippen molar-refractivity contribution in [3.8, 4) is 0 Å². The third-order valence-electron chi connectivity index (χ3n) is 0.857. The molecular weight excluding hydrogens is 102 g/mol. The zero-order chi connectivity index (χ0) is 5.82. The van der Waals surface area contributed by atoms with Crippen molar-refractivity contribution in [2.45, 2.75) is 19.9 Å². The minimum Gasteiger partial charge on any atom is -0.243 e. The van der Waals surface area contributed by atoms with Gasteiger partial charge in [-0.05, 0) is 6.42 Å². The van der Waals surface area contributed by atoms with E-state index in [1.807, 2.05) is 0 Å². The van der Waals surface area contributed by atoms with Crippen molar-refractivity contribution in [1.29, 1.82) is 0 Å². The molecule has 0 N–H and O–H groups in total. The molecule has 0 saturated heterocycles. The van der Waals surface area contributed by atoms with Gasteiger partial charge in [0.25, 0.3) is 0 Å². The molecule has 0 saturated carbocycles. The summed E-state index contributed by atoms with van der Waals surface area (Å²) in [5.41, 5.74) is 0. The molecule has 0 aromatic carbocycles. The average molecular weight is 110 g/mol. The molecule has 0 bridgehead atoms. The van der Waals surface area contributed by atoms with Crippen LogP contribution in [-0.4, -0.2) is 14.8 Å². The Balaban J connectivity index is 2.50. The van der Waals surface area contributed by atoms with Gasteiger partial charge in [-0.3, -0.25) is 0 Å². The van der Waals surface area contributed by atoms with Crippen LogP contribution in [0, 0.1) is 6.33 Å². The van der Waals surface area contributed by atoms with Gasteiger partial charge in [0, 0.05) is 6.54 Å². The zero-order valence-electron chi connectivity index (χ0n) is 4.83. The Kier molecular flexibility index (Phi) is 1.62. The van der Waals surface area contributed by atoms with E-state index >= 15 is 0 Å². The molecule has 43 valence electrons. The van der Waals surface area contributed by atoms with E-state index in [-0.39, 0.29) is 0 Å². The van der Waals surface area contributed by atoms with Gasteiger partial charge in [-0.2, -0.15) is 5.10 Å². The van der Waals surface area contributed by atoms with E-state index in [4.69, 9.17) is 0 Å². The van der Waals surface area contributed by atoms with Gasteiger partial charge in [-0.15, -0.1) is 0 Å². The second-order valence-electron chi connectivity index (χ2n) is 1.58. The van der Waals surface area contributed by atoms with Gasteiger partial charge in [0.2, 0.25) is 0 Å². The highest BCUT2D eigenvalue weighted by Crippen LogP contribution is 1.81. The van der Waals surface area contributed by atoms with Crippen molar-refractivity contribution in [2.24, 2.45) is 0 Å². The van der Waals surface area contributed by atoms with Gasteiger partial charge >= 0.3 is 0 Å². The molecule has 3 nitrogen and oxygen atoms in total. The van der Waals surface area contributed by atoms with E-state index in [9.17, 15) is 0 Å². The van der Waals surface area contributed by atoms with Crippen LogP contribution in [-0.2, 0) is 6.54 Å². The summed E-state index contributed by atoms with van der Waals surface area (Å²) in [4.78, 5) is 3.67. The van der Waals surface area contributed by atoms with Crippen molar-refractivity contribution in [3.05, 3.63) is 12.7 Å².